The first-order valence-electron chi connectivity index (χ1n) is 4.08. The van der Waals surface area contributed by atoms with Gasteiger partial charge < -0.3 is 4.74 Å². The first-order chi connectivity index (χ1) is 5.18. The van der Waals surface area contributed by atoms with Gasteiger partial charge in [-0.2, -0.15) is 5.26 Å². The molecule has 1 unspecified atom stereocenters. The quantitative estimate of drug-likeness (QED) is 0.610. The lowest BCUT2D eigenvalue weighted by Crippen LogP contribution is -2.20. The minimum absolute atomic E-state index is 0.273. The minimum atomic E-state index is -0.273. The third-order valence-electron chi connectivity index (χ3n) is 1.81. The minimum Gasteiger partial charge on any atom is -0.383 e. The lowest BCUT2D eigenvalue weighted by molar-refractivity contribution is 0.119. The van der Waals surface area contributed by atoms with Gasteiger partial charge in [0.1, 0.15) is 0 Å². The van der Waals surface area contributed by atoms with Crippen LogP contribution in [0.4, 0.5) is 0 Å². The maximum Gasteiger partial charge on any atom is 0.0778 e. The Morgan fingerprint density at radius 3 is 2.55 bits per heavy atom. The third-order valence-corrected chi connectivity index (χ3v) is 1.81. The molecule has 0 aromatic heterocycles. The molecular weight excluding hydrogens is 138 g/mol. The Labute approximate surface area is 69.2 Å². The zero-order valence-electron chi connectivity index (χ0n) is 7.68. The van der Waals surface area contributed by atoms with Crippen molar-refractivity contribution in [2.45, 2.75) is 33.1 Å². The van der Waals surface area contributed by atoms with Gasteiger partial charge in [0, 0.05) is 7.11 Å². The highest BCUT2D eigenvalue weighted by molar-refractivity contribution is 4.95. The van der Waals surface area contributed by atoms with E-state index in [1.165, 1.54) is 0 Å². The second-order valence-corrected chi connectivity index (χ2v) is 3.21. The Balaban J connectivity index is 3.81. The molecule has 0 aromatic carbocycles. The summed E-state index contributed by atoms with van der Waals surface area (Å²) in [5, 5.41) is 8.81. The summed E-state index contributed by atoms with van der Waals surface area (Å²) in [6, 6.07) is 2.29. The van der Waals surface area contributed by atoms with Gasteiger partial charge in [-0.15, -0.1) is 0 Å². The summed E-state index contributed by atoms with van der Waals surface area (Å²) in [4.78, 5) is 0. The lowest BCUT2D eigenvalue weighted by atomic mass is 9.88. The molecule has 0 amide bonds. The normalized spacial score (nSPS) is 15.5. The fourth-order valence-electron chi connectivity index (χ4n) is 1.05. The van der Waals surface area contributed by atoms with Gasteiger partial charge in [-0.25, -0.2) is 0 Å². The highest BCUT2D eigenvalue weighted by Gasteiger charge is 2.22. The summed E-state index contributed by atoms with van der Waals surface area (Å²) < 4.78 is 4.97. The average molecular weight is 155 g/mol. The predicted molar refractivity (Wildman–Crippen MR) is 45.1 cm³/mol. The zero-order chi connectivity index (χ0) is 8.74. The molecule has 0 fully saturated rings. The van der Waals surface area contributed by atoms with Crippen molar-refractivity contribution in [3.63, 3.8) is 0 Å². The first kappa shape index (κ1) is 10.4. The second-order valence-electron chi connectivity index (χ2n) is 3.21. The third kappa shape index (κ3) is 4.00. The van der Waals surface area contributed by atoms with Crippen LogP contribution in [-0.4, -0.2) is 13.7 Å². The van der Waals surface area contributed by atoms with Crippen molar-refractivity contribution >= 4 is 0 Å². The Bertz CT molecular complexity index is 139. The van der Waals surface area contributed by atoms with Crippen molar-refractivity contribution in [3.8, 4) is 6.07 Å². The Kier molecular flexibility index (Phi) is 4.89. The van der Waals surface area contributed by atoms with Crippen molar-refractivity contribution < 1.29 is 4.74 Å². The number of hydrogen-bond donors (Lipinski definition) is 0. The van der Waals surface area contributed by atoms with E-state index >= 15 is 0 Å². The van der Waals surface area contributed by atoms with Gasteiger partial charge in [-0.1, -0.05) is 19.8 Å². The van der Waals surface area contributed by atoms with E-state index in [-0.39, 0.29) is 5.41 Å². The van der Waals surface area contributed by atoms with Crippen LogP contribution >= 0.6 is 0 Å². The highest BCUT2D eigenvalue weighted by atomic mass is 16.5. The van der Waals surface area contributed by atoms with Crippen molar-refractivity contribution in [1.29, 1.82) is 5.26 Å². The average Bonchev–Trinajstić information content (AvgIpc) is 2.02. The molecule has 0 spiro atoms. The van der Waals surface area contributed by atoms with E-state index in [1.807, 2.05) is 6.92 Å². The van der Waals surface area contributed by atoms with Crippen LogP contribution in [0.2, 0.25) is 0 Å². The van der Waals surface area contributed by atoms with Gasteiger partial charge in [0.05, 0.1) is 18.1 Å². The maximum atomic E-state index is 8.81. The molecule has 0 aromatic rings. The standard InChI is InChI=1S/C9H17NO/c1-4-5-6-9(2,7-10)8-11-3/h4-6,8H2,1-3H3. The predicted octanol–water partition coefficient (Wildman–Crippen LogP) is 2.35. The molecule has 0 rings (SSSR count). The van der Waals surface area contributed by atoms with Crippen LogP contribution in [0.5, 0.6) is 0 Å². The summed E-state index contributed by atoms with van der Waals surface area (Å²) in [7, 11) is 1.64. The van der Waals surface area contributed by atoms with Crippen LogP contribution < -0.4 is 0 Å². The molecule has 0 aliphatic rings. The van der Waals surface area contributed by atoms with Crippen LogP contribution in [-0.2, 0) is 4.74 Å². The van der Waals surface area contributed by atoms with Gasteiger partial charge in [0.25, 0.3) is 0 Å². The Morgan fingerprint density at radius 1 is 1.55 bits per heavy atom. The molecule has 0 heterocycles. The molecule has 0 N–H and O–H groups in total. The van der Waals surface area contributed by atoms with E-state index in [0.717, 1.165) is 19.3 Å². The van der Waals surface area contributed by atoms with Crippen LogP contribution in [0, 0.1) is 16.7 Å². The fraction of sp³-hybridized carbons (Fsp3) is 0.889. The van der Waals surface area contributed by atoms with Crippen LogP contribution in [0.25, 0.3) is 0 Å². The Morgan fingerprint density at radius 2 is 2.18 bits per heavy atom. The van der Waals surface area contributed by atoms with Crippen molar-refractivity contribution in [2.24, 2.45) is 5.41 Å². The number of hydrogen-bond acceptors (Lipinski definition) is 2. The van der Waals surface area contributed by atoms with E-state index in [1.54, 1.807) is 7.11 Å². The van der Waals surface area contributed by atoms with Crippen molar-refractivity contribution in [1.82, 2.24) is 0 Å². The highest BCUT2D eigenvalue weighted by Crippen LogP contribution is 2.22. The van der Waals surface area contributed by atoms with Crippen LogP contribution in [0.15, 0.2) is 0 Å². The largest absolute Gasteiger partial charge is 0.383 e. The number of nitriles is 1. The molecule has 64 valence electrons. The molecule has 0 saturated heterocycles. The number of methoxy groups -OCH3 is 1. The van der Waals surface area contributed by atoms with Gasteiger partial charge in [0.15, 0.2) is 0 Å². The smallest absolute Gasteiger partial charge is 0.0778 e. The molecule has 2 heteroatoms. The molecule has 0 radical (unpaired) electrons. The lowest BCUT2D eigenvalue weighted by Gasteiger charge is -2.19. The van der Waals surface area contributed by atoms with Crippen LogP contribution in [0.1, 0.15) is 33.1 Å². The second kappa shape index (κ2) is 5.15. The Hall–Kier alpha value is -0.550. The maximum absolute atomic E-state index is 8.81. The topological polar surface area (TPSA) is 33.0 Å². The summed E-state index contributed by atoms with van der Waals surface area (Å²) in [6.07, 6.45) is 3.18. The van der Waals surface area contributed by atoms with E-state index in [9.17, 15) is 0 Å². The van der Waals surface area contributed by atoms with E-state index in [0.29, 0.717) is 6.61 Å². The number of rotatable bonds is 5. The van der Waals surface area contributed by atoms with E-state index < -0.39 is 0 Å². The van der Waals surface area contributed by atoms with Gasteiger partial charge in [-0.05, 0) is 13.3 Å². The van der Waals surface area contributed by atoms with Crippen molar-refractivity contribution in [3.05, 3.63) is 0 Å². The summed E-state index contributed by atoms with van der Waals surface area (Å²) in [5.41, 5.74) is -0.273. The summed E-state index contributed by atoms with van der Waals surface area (Å²) >= 11 is 0. The molecule has 2 nitrogen and oxygen atoms in total. The van der Waals surface area contributed by atoms with Gasteiger partial charge in [-0.3, -0.25) is 0 Å². The molecule has 0 aliphatic heterocycles. The van der Waals surface area contributed by atoms with E-state index in [4.69, 9.17) is 10.00 Å². The summed E-state index contributed by atoms with van der Waals surface area (Å²) in [6.45, 7) is 4.63. The van der Waals surface area contributed by atoms with Gasteiger partial charge >= 0.3 is 0 Å². The molecule has 0 bridgehead atoms. The SMILES string of the molecule is CCCCC(C)(C#N)COC. The summed E-state index contributed by atoms with van der Waals surface area (Å²) in [5.74, 6) is 0. The monoisotopic (exact) mass is 155 g/mol. The van der Waals surface area contributed by atoms with Gasteiger partial charge in [0.2, 0.25) is 0 Å². The molecule has 0 saturated carbocycles. The van der Waals surface area contributed by atoms with E-state index in [2.05, 4.69) is 13.0 Å². The molecule has 1 atom stereocenters. The fourth-order valence-corrected chi connectivity index (χ4v) is 1.05. The zero-order valence-corrected chi connectivity index (χ0v) is 7.68. The first-order valence-corrected chi connectivity index (χ1v) is 4.08. The van der Waals surface area contributed by atoms with Crippen LogP contribution in [0.3, 0.4) is 0 Å². The van der Waals surface area contributed by atoms with Crippen molar-refractivity contribution in [2.75, 3.05) is 13.7 Å². The molecule has 0 aliphatic carbocycles. The number of unbranched alkanes of at least 4 members (excludes halogenated alkanes) is 1. The molecule has 11 heavy (non-hydrogen) atoms. The number of nitrogens with zero attached hydrogens (tertiary/aromatic N) is 1. The number of ether oxygens (including phenoxy) is 1. The molecular formula is C9H17NO.